The fourth-order valence-corrected chi connectivity index (χ4v) is 4.24. The maximum Gasteiger partial charge on any atom is 0.225 e. The maximum absolute atomic E-state index is 13.7. The predicted octanol–water partition coefficient (Wildman–Crippen LogP) is 6.81. The van der Waals surface area contributed by atoms with Gasteiger partial charge >= 0.3 is 0 Å². The molecule has 0 amide bonds. The van der Waals surface area contributed by atoms with Gasteiger partial charge in [0.15, 0.2) is 11.4 Å². The monoisotopic (exact) mass is 484 g/mol. The van der Waals surface area contributed by atoms with E-state index >= 15 is 0 Å². The molecule has 0 aliphatic heterocycles. The Kier molecular flexibility index (Phi) is 6.29. The highest BCUT2D eigenvalue weighted by molar-refractivity contribution is 6.31. The third-order valence-electron chi connectivity index (χ3n) is 5.87. The van der Waals surface area contributed by atoms with Crippen LogP contribution in [-0.4, -0.2) is 20.3 Å². The first-order chi connectivity index (χ1) is 17.0. The first-order valence-electron chi connectivity index (χ1n) is 11.2. The number of hydrogen-bond donors (Lipinski definition) is 1. The number of carbonyl (C=O) groups excluding carboxylic acids is 1. The fourth-order valence-electron chi connectivity index (χ4n) is 4.04. The molecule has 35 heavy (non-hydrogen) atoms. The van der Waals surface area contributed by atoms with E-state index in [1.54, 1.807) is 35.0 Å². The Hall–Kier alpha value is -4.03. The molecular weight excluding hydrogens is 463 g/mol. The van der Waals surface area contributed by atoms with Crippen LogP contribution >= 0.6 is 11.6 Å². The van der Waals surface area contributed by atoms with Crippen molar-refractivity contribution in [3.05, 3.63) is 119 Å². The molecular formula is C28H22ClFN4O. The highest BCUT2D eigenvalue weighted by Gasteiger charge is 2.20. The standard InChI is InChI=1S/C28H22ClFN4O/c1-18(19-7-3-2-4-8-19)32-28-31-17-21-15-25(26(35)16-20-9-5-6-10-24(20)29)34(27(21)33-28)23-13-11-22(30)12-14-23/h2-15,17-18H,16H2,1H3,(H,31,32,33). The van der Waals surface area contributed by atoms with E-state index in [9.17, 15) is 9.18 Å². The van der Waals surface area contributed by atoms with E-state index in [0.717, 1.165) is 11.1 Å². The molecule has 1 N–H and O–H groups in total. The van der Waals surface area contributed by atoms with Crippen molar-refractivity contribution in [2.24, 2.45) is 0 Å². The Balaban J connectivity index is 1.57. The molecule has 0 aliphatic carbocycles. The number of ketones is 1. The lowest BCUT2D eigenvalue weighted by Gasteiger charge is -2.15. The summed E-state index contributed by atoms with van der Waals surface area (Å²) in [5, 5.41) is 4.56. The normalized spacial score (nSPS) is 12.0. The Morgan fingerprint density at radius 1 is 1.03 bits per heavy atom. The topological polar surface area (TPSA) is 59.8 Å². The Bertz CT molecular complexity index is 1500. The van der Waals surface area contributed by atoms with Crippen LogP contribution in [0.25, 0.3) is 16.7 Å². The van der Waals surface area contributed by atoms with Gasteiger partial charge in [0.2, 0.25) is 5.95 Å². The number of aromatic nitrogens is 3. The van der Waals surface area contributed by atoms with Crippen LogP contribution in [0.2, 0.25) is 5.02 Å². The van der Waals surface area contributed by atoms with Gasteiger partial charge in [-0.05, 0) is 54.4 Å². The van der Waals surface area contributed by atoms with Crippen molar-refractivity contribution in [2.75, 3.05) is 5.32 Å². The zero-order chi connectivity index (χ0) is 24.4. The summed E-state index contributed by atoms with van der Waals surface area (Å²) in [6, 6.07) is 25.0. The SMILES string of the molecule is CC(Nc1ncc2cc(C(=O)Cc3ccccc3Cl)n(-c3ccc(F)cc3)c2n1)c1ccccc1. The van der Waals surface area contributed by atoms with Gasteiger partial charge in [-0.3, -0.25) is 9.36 Å². The second-order valence-electron chi connectivity index (χ2n) is 8.28. The van der Waals surface area contributed by atoms with Gasteiger partial charge < -0.3 is 5.32 Å². The number of carbonyl (C=O) groups is 1. The van der Waals surface area contributed by atoms with Crippen molar-refractivity contribution in [1.82, 2.24) is 14.5 Å². The largest absolute Gasteiger partial charge is 0.348 e. The predicted molar refractivity (Wildman–Crippen MR) is 137 cm³/mol. The van der Waals surface area contributed by atoms with E-state index in [4.69, 9.17) is 16.6 Å². The number of benzene rings is 3. The minimum absolute atomic E-state index is 0.0239. The quantitative estimate of drug-likeness (QED) is 0.258. The lowest BCUT2D eigenvalue weighted by Crippen LogP contribution is -2.12. The highest BCUT2D eigenvalue weighted by Crippen LogP contribution is 2.27. The summed E-state index contributed by atoms with van der Waals surface area (Å²) >= 11 is 6.30. The number of Topliss-reactive ketones (excluding diaryl/α,β-unsaturated/α-hetero) is 1. The zero-order valence-corrected chi connectivity index (χ0v) is 19.7. The van der Waals surface area contributed by atoms with Crippen LogP contribution in [0, 0.1) is 5.82 Å². The van der Waals surface area contributed by atoms with Crippen molar-refractivity contribution in [2.45, 2.75) is 19.4 Å². The number of nitrogens with zero attached hydrogens (tertiary/aromatic N) is 3. The van der Waals surface area contributed by atoms with Crippen LogP contribution in [0.5, 0.6) is 0 Å². The summed E-state index contributed by atoms with van der Waals surface area (Å²) in [5.41, 5.74) is 3.44. The van der Waals surface area contributed by atoms with Gasteiger partial charge in [0.05, 0.1) is 11.7 Å². The molecule has 3 aromatic carbocycles. The Labute approximate surface area is 207 Å². The van der Waals surface area contributed by atoms with Gasteiger partial charge in [-0.1, -0.05) is 60.1 Å². The molecule has 174 valence electrons. The molecule has 0 aliphatic rings. The summed E-state index contributed by atoms with van der Waals surface area (Å²) in [4.78, 5) is 22.6. The van der Waals surface area contributed by atoms with E-state index in [0.29, 0.717) is 33.4 Å². The van der Waals surface area contributed by atoms with Crippen LogP contribution < -0.4 is 5.32 Å². The van der Waals surface area contributed by atoms with E-state index in [2.05, 4.69) is 10.3 Å². The average molecular weight is 485 g/mol. The van der Waals surface area contributed by atoms with E-state index in [-0.39, 0.29) is 24.1 Å². The minimum Gasteiger partial charge on any atom is -0.348 e. The van der Waals surface area contributed by atoms with Crippen LogP contribution in [0.1, 0.15) is 34.6 Å². The van der Waals surface area contributed by atoms with E-state index < -0.39 is 0 Å². The average Bonchev–Trinajstić information content (AvgIpc) is 3.25. The molecule has 2 heterocycles. The molecule has 0 fully saturated rings. The van der Waals surface area contributed by atoms with Crippen molar-refractivity contribution < 1.29 is 9.18 Å². The smallest absolute Gasteiger partial charge is 0.225 e. The van der Waals surface area contributed by atoms with Gasteiger partial charge in [0.1, 0.15) is 5.82 Å². The molecule has 0 spiro atoms. The van der Waals surface area contributed by atoms with Gasteiger partial charge in [-0.2, -0.15) is 4.98 Å². The minimum atomic E-state index is -0.358. The van der Waals surface area contributed by atoms with Gasteiger partial charge in [-0.25, -0.2) is 9.37 Å². The Morgan fingerprint density at radius 3 is 2.49 bits per heavy atom. The molecule has 0 radical (unpaired) electrons. The Morgan fingerprint density at radius 2 is 1.74 bits per heavy atom. The second kappa shape index (κ2) is 9.68. The molecule has 0 saturated carbocycles. The second-order valence-corrected chi connectivity index (χ2v) is 8.69. The molecule has 5 nitrogen and oxygen atoms in total. The third kappa shape index (κ3) is 4.79. The molecule has 5 aromatic rings. The molecule has 0 bridgehead atoms. The van der Waals surface area contributed by atoms with Crippen molar-refractivity contribution >= 4 is 34.4 Å². The fraction of sp³-hybridized carbons (Fsp3) is 0.107. The lowest BCUT2D eigenvalue weighted by atomic mass is 10.1. The summed E-state index contributed by atoms with van der Waals surface area (Å²) in [6.45, 7) is 2.03. The van der Waals surface area contributed by atoms with Gasteiger partial charge in [0, 0.05) is 28.7 Å². The molecule has 0 saturated heterocycles. The summed E-state index contributed by atoms with van der Waals surface area (Å²) in [5.74, 6) is -0.0594. The van der Waals surface area contributed by atoms with Crippen LogP contribution in [-0.2, 0) is 6.42 Å². The first kappa shape index (κ1) is 22.7. The van der Waals surface area contributed by atoms with Gasteiger partial charge in [0.25, 0.3) is 0 Å². The summed E-state index contributed by atoms with van der Waals surface area (Å²) < 4.78 is 15.4. The van der Waals surface area contributed by atoms with Gasteiger partial charge in [-0.15, -0.1) is 0 Å². The van der Waals surface area contributed by atoms with Crippen LogP contribution in [0.15, 0.2) is 91.1 Å². The number of halogens is 2. The molecule has 2 aromatic heterocycles. The highest BCUT2D eigenvalue weighted by atomic mass is 35.5. The first-order valence-corrected chi connectivity index (χ1v) is 11.6. The van der Waals surface area contributed by atoms with Crippen molar-refractivity contribution in [3.63, 3.8) is 0 Å². The summed E-state index contributed by atoms with van der Waals surface area (Å²) in [7, 11) is 0. The number of nitrogens with one attached hydrogen (secondary N) is 1. The lowest BCUT2D eigenvalue weighted by molar-refractivity contribution is 0.0987. The molecule has 7 heteroatoms. The zero-order valence-electron chi connectivity index (χ0n) is 19.0. The van der Waals surface area contributed by atoms with Crippen LogP contribution in [0.4, 0.5) is 10.3 Å². The number of hydrogen-bond acceptors (Lipinski definition) is 4. The van der Waals surface area contributed by atoms with Crippen molar-refractivity contribution in [1.29, 1.82) is 0 Å². The number of fused-ring (bicyclic) bond motifs is 1. The third-order valence-corrected chi connectivity index (χ3v) is 6.23. The van der Waals surface area contributed by atoms with E-state index in [1.165, 1.54) is 12.1 Å². The molecule has 5 rings (SSSR count). The maximum atomic E-state index is 13.7. The molecule has 1 unspecified atom stereocenters. The van der Waals surface area contributed by atoms with Crippen molar-refractivity contribution in [3.8, 4) is 5.69 Å². The number of anilines is 1. The summed E-state index contributed by atoms with van der Waals surface area (Å²) in [6.07, 6.45) is 1.81. The molecule has 1 atom stereocenters. The van der Waals surface area contributed by atoms with Crippen LogP contribution in [0.3, 0.4) is 0 Å². The van der Waals surface area contributed by atoms with E-state index in [1.807, 2.05) is 55.5 Å². The number of rotatable bonds is 7.